The fourth-order valence-electron chi connectivity index (χ4n) is 1.86. The van der Waals surface area contributed by atoms with Gasteiger partial charge in [-0.2, -0.15) is 0 Å². The number of nitrogens with one attached hydrogen (secondary N) is 1. The maximum atomic E-state index is 12.9. The van der Waals surface area contributed by atoms with Gasteiger partial charge >= 0.3 is 0 Å². The van der Waals surface area contributed by atoms with Crippen molar-refractivity contribution in [2.45, 2.75) is 6.42 Å². The highest BCUT2D eigenvalue weighted by Gasteiger charge is 2.10. The van der Waals surface area contributed by atoms with Crippen molar-refractivity contribution in [3.8, 4) is 5.75 Å². The van der Waals surface area contributed by atoms with Crippen LogP contribution in [0.5, 0.6) is 5.75 Å². The molecule has 3 N–H and O–H groups in total. The van der Waals surface area contributed by atoms with Crippen molar-refractivity contribution in [3.63, 3.8) is 0 Å². The zero-order valence-electron chi connectivity index (χ0n) is 11.0. The SMILES string of the molecule is COc1ccccc1CC(=O)Nc1ccc(F)cc1N. The topological polar surface area (TPSA) is 64.3 Å². The quantitative estimate of drug-likeness (QED) is 0.842. The van der Waals surface area contributed by atoms with Crippen LogP contribution in [-0.4, -0.2) is 13.0 Å². The standard InChI is InChI=1S/C15H15FN2O2/c1-20-14-5-3-2-4-10(14)8-15(19)18-13-7-6-11(16)9-12(13)17/h2-7,9H,8,17H2,1H3,(H,18,19). The number of nitrogens with two attached hydrogens (primary N) is 1. The molecule has 5 heteroatoms. The average Bonchev–Trinajstić information content (AvgIpc) is 2.42. The van der Waals surface area contributed by atoms with Gasteiger partial charge in [0.25, 0.3) is 0 Å². The Bertz CT molecular complexity index is 629. The zero-order valence-corrected chi connectivity index (χ0v) is 11.0. The predicted molar refractivity (Wildman–Crippen MR) is 76.1 cm³/mol. The second kappa shape index (κ2) is 6.06. The van der Waals surface area contributed by atoms with Crippen molar-refractivity contribution in [2.75, 3.05) is 18.2 Å². The fourth-order valence-corrected chi connectivity index (χ4v) is 1.86. The first-order valence-corrected chi connectivity index (χ1v) is 6.07. The van der Waals surface area contributed by atoms with Gasteiger partial charge in [0.2, 0.25) is 5.91 Å². The number of halogens is 1. The third-order valence-electron chi connectivity index (χ3n) is 2.83. The van der Waals surface area contributed by atoms with Crippen LogP contribution < -0.4 is 15.8 Å². The minimum atomic E-state index is -0.440. The van der Waals surface area contributed by atoms with Crippen LogP contribution in [-0.2, 0) is 11.2 Å². The van der Waals surface area contributed by atoms with Crippen molar-refractivity contribution in [2.24, 2.45) is 0 Å². The molecule has 0 spiro atoms. The van der Waals surface area contributed by atoms with Crippen molar-refractivity contribution < 1.29 is 13.9 Å². The van der Waals surface area contributed by atoms with E-state index < -0.39 is 5.82 Å². The second-order valence-electron chi connectivity index (χ2n) is 4.27. The smallest absolute Gasteiger partial charge is 0.228 e. The second-order valence-corrected chi connectivity index (χ2v) is 4.27. The Hall–Kier alpha value is -2.56. The van der Waals surface area contributed by atoms with Crippen LogP contribution in [0.3, 0.4) is 0 Å². The summed E-state index contributed by atoms with van der Waals surface area (Å²) in [6, 6.07) is 11.1. The summed E-state index contributed by atoms with van der Waals surface area (Å²) in [5.74, 6) is -0.0345. The molecule has 0 bridgehead atoms. The van der Waals surface area contributed by atoms with E-state index >= 15 is 0 Å². The van der Waals surface area contributed by atoms with Crippen molar-refractivity contribution in [1.29, 1.82) is 0 Å². The molecule has 0 unspecified atom stereocenters. The molecule has 0 atom stereocenters. The van der Waals surface area contributed by atoms with Gasteiger partial charge in [0.1, 0.15) is 11.6 Å². The molecule has 0 fully saturated rings. The number of carbonyl (C=O) groups excluding carboxylic acids is 1. The first-order chi connectivity index (χ1) is 9.60. The molecule has 2 aromatic carbocycles. The summed E-state index contributed by atoms with van der Waals surface area (Å²) in [4.78, 5) is 12.0. The lowest BCUT2D eigenvalue weighted by Crippen LogP contribution is -2.16. The van der Waals surface area contributed by atoms with Crippen molar-refractivity contribution in [1.82, 2.24) is 0 Å². The van der Waals surface area contributed by atoms with E-state index in [4.69, 9.17) is 10.5 Å². The Morgan fingerprint density at radius 3 is 2.75 bits per heavy atom. The van der Waals surface area contributed by atoms with Crippen molar-refractivity contribution >= 4 is 17.3 Å². The molecule has 0 radical (unpaired) electrons. The van der Waals surface area contributed by atoms with E-state index in [1.165, 1.54) is 18.2 Å². The van der Waals surface area contributed by atoms with E-state index in [1.54, 1.807) is 13.2 Å². The number of anilines is 2. The maximum absolute atomic E-state index is 12.9. The number of benzene rings is 2. The molecule has 104 valence electrons. The molecule has 0 saturated heterocycles. The number of hydrogen-bond acceptors (Lipinski definition) is 3. The molecule has 0 aliphatic carbocycles. The molecule has 2 aromatic rings. The molecule has 2 rings (SSSR count). The summed E-state index contributed by atoms with van der Waals surface area (Å²) in [6.45, 7) is 0. The Kier molecular flexibility index (Phi) is 4.20. The van der Waals surface area contributed by atoms with Gasteiger partial charge in [-0.15, -0.1) is 0 Å². The van der Waals surface area contributed by atoms with Crippen LogP contribution in [0, 0.1) is 5.82 Å². The van der Waals surface area contributed by atoms with Gasteiger partial charge in [-0.25, -0.2) is 4.39 Å². The van der Waals surface area contributed by atoms with Crippen LogP contribution in [0.15, 0.2) is 42.5 Å². The number of nitrogen functional groups attached to an aromatic ring is 1. The van der Waals surface area contributed by atoms with Crippen LogP contribution in [0.1, 0.15) is 5.56 Å². The highest BCUT2D eigenvalue weighted by molar-refractivity contribution is 5.95. The van der Waals surface area contributed by atoms with E-state index in [-0.39, 0.29) is 18.0 Å². The number of methoxy groups -OCH3 is 1. The van der Waals surface area contributed by atoms with Crippen LogP contribution in [0.4, 0.5) is 15.8 Å². The summed E-state index contributed by atoms with van der Waals surface area (Å²) in [6.07, 6.45) is 0.154. The lowest BCUT2D eigenvalue weighted by Gasteiger charge is -2.10. The average molecular weight is 274 g/mol. The Morgan fingerprint density at radius 1 is 1.30 bits per heavy atom. The van der Waals surface area contributed by atoms with E-state index in [2.05, 4.69) is 5.32 Å². The lowest BCUT2D eigenvalue weighted by molar-refractivity contribution is -0.115. The summed E-state index contributed by atoms with van der Waals surface area (Å²) in [7, 11) is 1.55. The van der Waals surface area contributed by atoms with Crippen LogP contribution >= 0.6 is 0 Å². The van der Waals surface area contributed by atoms with Crippen LogP contribution in [0.2, 0.25) is 0 Å². The minimum absolute atomic E-state index is 0.154. The Balaban J connectivity index is 2.09. The van der Waals surface area contributed by atoms with Crippen molar-refractivity contribution in [3.05, 3.63) is 53.8 Å². The van der Waals surface area contributed by atoms with E-state index in [1.807, 2.05) is 18.2 Å². The molecule has 0 heterocycles. The van der Waals surface area contributed by atoms with Gasteiger partial charge in [0.15, 0.2) is 0 Å². The summed E-state index contributed by atoms with van der Waals surface area (Å²) in [5.41, 5.74) is 7.00. The molecule has 0 aromatic heterocycles. The molecule has 4 nitrogen and oxygen atoms in total. The minimum Gasteiger partial charge on any atom is -0.496 e. The number of carbonyl (C=O) groups is 1. The maximum Gasteiger partial charge on any atom is 0.228 e. The van der Waals surface area contributed by atoms with Gasteiger partial charge in [-0.3, -0.25) is 4.79 Å². The highest BCUT2D eigenvalue weighted by atomic mass is 19.1. The lowest BCUT2D eigenvalue weighted by atomic mass is 10.1. The Labute approximate surface area is 116 Å². The fraction of sp³-hybridized carbons (Fsp3) is 0.133. The molecular formula is C15H15FN2O2. The summed E-state index contributed by atoms with van der Waals surface area (Å²) in [5, 5.41) is 2.65. The summed E-state index contributed by atoms with van der Waals surface area (Å²) < 4.78 is 18.1. The van der Waals surface area contributed by atoms with Gasteiger partial charge in [-0.1, -0.05) is 18.2 Å². The third kappa shape index (κ3) is 3.26. The highest BCUT2D eigenvalue weighted by Crippen LogP contribution is 2.21. The van der Waals surface area contributed by atoms with Gasteiger partial charge < -0.3 is 15.8 Å². The predicted octanol–water partition coefficient (Wildman–Crippen LogP) is 2.60. The number of hydrogen-bond donors (Lipinski definition) is 2. The van der Waals surface area contributed by atoms with Crippen LogP contribution in [0.25, 0.3) is 0 Å². The molecule has 0 saturated carbocycles. The first kappa shape index (κ1) is 13.9. The third-order valence-corrected chi connectivity index (χ3v) is 2.83. The Morgan fingerprint density at radius 2 is 2.05 bits per heavy atom. The zero-order chi connectivity index (χ0) is 14.5. The number of para-hydroxylation sites is 1. The molecular weight excluding hydrogens is 259 g/mol. The van der Waals surface area contributed by atoms with Gasteiger partial charge in [0.05, 0.1) is 24.9 Å². The van der Waals surface area contributed by atoms with E-state index in [9.17, 15) is 9.18 Å². The molecule has 0 aliphatic rings. The monoisotopic (exact) mass is 274 g/mol. The molecule has 0 aliphatic heterocycles. The number of amides is 1. The number of ether oxygens (including phenoxy) is 1. The largest absolute Gasteiger partial charge is 0.496 e. The summed E-state index contributed by atoms with van der Waals surface area (Å²) >= 11 is 0. The van der Waals surface area contributed by atoms with Gasteiger partial charge in [0, 0.05) is 5.56 Å². The van der Waals surface area contributed by atoms with Gasteiger partial charge in [-0.05, 0) is 24.3 Å². The van der Waals surface area contributed by atoms with E-state index in [0.717, 1.165) is 5.56 Å². The van der Waals surface area contributed by atoms with E-state index in [0.29, 0.717) is 11.4 Å². The normalized spacial score (nSPS) is 10.1. The molecule has 1 amide bonds. The number of rotatable bonds is 4. The molecule has 20 heavy (non-hydrogen) atoms. The first-order valence-electron chi connectivity index (χ1n) is 6.07.